The number of nitrogens with zero attached hydrogens (tertiary/aromatic N) is 7. The Labute approximate surface area is 274 Å². The second-order valence-electron chi connectivity index (χ2n) is 11.8. The molecule has 0 saturated carbocycles. The molecule has 0 amide bonds. The Kier molecular flexibility index (Phi) is 5.74. The van der Waals surface area contributed by atoms with E-state index in [4.69, 9.17) is 15.0 Å². The average molecular weight is 616 g/mol. The predicted octanol–water partition coefficient (Wildman–Crippen LogP) is 9.34. The van der Waals surface area contributed by atoms with Crippen LogP contribution in [0.3, 0.4) is 0 Å². The van der Waals surface area contributed by atoms with Crippen molar-refractivity contribution in [3.8, 4) is 34.4 Å². The SMILES string of the molecule is c1ccc(-c2nc(-c3ccccc3)nc(-n3c4ccccc4c4ccc5c6cc7nccnc7cc6n(-c6ccccc6)c5c43)n2)cc1. The van der Waals surface area contributed by atoms with Gasteiger partial charge in [0.05, 0.1) is 33.1 Å². The molecule has 48 heavy (non-hydrogen) atoms. The first-order valence-electron chi connectivity index (χ1n) is 15.9. The van der Waals surface area contributed by atoms with Crippen LogP contribution in [-0.2, 0) is 0 Å². The van der Waals surface area contributed by atoms with E-state index in [2.05, 4.69) is 91.9 Å². The molecule has 0 aliphatic carbocycles. The van der Waals surface area contributed by atoms with E-state index in [-0.39, 0.29) is 0 Å². The fraction of sp³-hybridized carbons (Fsp3) is 0. The molecule has 0 fully saturated rings. The van der Waals surface area contributed by atoms with Crippen LogP contribution in [0.2, 0.25) is 0 Å². The van der Waals surface area contributed by atoms with Gasteiger partial charge in [0, 0.05) is 50.8 Å². The third kappa shape index (κ3) is 3.98. The number of fused-ring (bicyclic) bond motifs is 8. The zero-order valence-electron chi connectivity index (χ0n) is 25.6. The molecule has 0 unspecified atom stereocenters. The van der Waals surface area contributed by atoms with E-state index in [0.717, 1.165) is 71.5 Å². The van der Waals surface area contributed by atoms with Crippen molar-refractivity contribution in [1.29, 1.82) is 0 Å². The zero-order valence-corrected chi connectivity index (χ0v) is 25.6. The summed E-state index contributed by atoms with van der Waals surface area (Å²) in [6, 6.07) is 48.0. The van der Waals surface area contributed by atoms with E-state index in [9.17, 15) is 0 Å². The molecule has 4 heterocycles. The minimum atomic E-state index is 0.555. The Bertz CT molecular complexity index is 2760. The van der Waals surface area contributed by atoms with Crippen LogP contribution in [0, 0.1) is 0 Å². The van der Waals surface area contributed by atoms with Gasteiger partial charge in [0.15, 0.2) is 11.6 Å². The van der Waals surface area contributed by atoms with Gasteiger partial charge in [0.1, 0.15) is 0 Å². The van der Waals surface area contributed by atoms with E-state index in [0.29, 0.717) is 17.6 Å². The first kappa shape index (κ1) is 26.5. The average Bonchev–Trinajstić information content (AvgIpc) is 3.67. The van der Waals surface area contributed by atoms with Crippen molar-refractivity contribution < 1.29 is 0 Å². The molecule has 0 aliphatic rings. The highest BCUT2D eigenvalue weighted by atomic mass is 15.2. The Morgan fingerprint density at radius 1 is 0.396 bits per heavy atom. The molecular weight excluding hydrogens is 591 g/mol. The minimum Gasteiger partial charge on any atom is -0.307 e. The van der Waals surface area contributed by atoms with Gasteiger partial charge in [0.25, 0.3) is 0 Å². The molecule has 10 rings (SSSR count). The highest BCUT2D eigenvalue weighted by molar-refractivity contribution is 6.24. The van der Waals surface area contributed by atoms with Gasteiger partial charge in [-0.3, -0.25) is 14.5 Å². The number of para-hydroxylation sites is 2. The summed E-state index contributed by atoms with van der Waals surface area (Å²) < 4.78 is 4.55. The van der Waals surface area contributed by atoms with Crippen LogP contribution in [0.25, 0.3) is 89.1 Å². The number of aromatic nitrogens is 7. The van der Waals surface area contributed by atoms with Gasteiger partial charge in [-0.15, -0.1) is 0 Å². The van der Waals surface area contributed by atoms with Gasteiger partial charge >= 0.3 is 0 Å². The second kappa shape index (κ2) is 10.4. The predicted molar refractivity (Wildman–Crippen MR) is 192 cm³/mol. The maximum atomic E-state index is 5.19. The number of rotatable bonds is 4. The van der Waals surface area contributed by atoms with E-state index in [1.807, 2.05) is 66.7 Å². The van der Waals surface area contributed by atoms with Crippen LogP contribution in [0.5, 0.6) is 0 Å². The molecule has 224 valence electrons. The summed E-state index contributed by atoms with van der Waals surface area (Å²) >= 11 is 0. The minimum absolute atomic E-state index is 0.555. The van der Waals surface area contributed by atoms with Crippen molar-refractivity contribution in [3.05, 3.63) is 152 Å². The van der Waals surface area contributed by atoms with Crippen molar-refractivity contribution in [3.63, 3.8) is 0 Å². The zero-order chi connectivity index (χ0) is 31.6. The van der Waals surface area contributed by atoms with Crippen molar-refractivity contribution in [2.75, 3.05) is 0 Å². The second-order valence-corrected chi connectivity index (χ2v) is 11.8. The third-order valence-electron chi connectivity index (χ3n) is 9.05. The van der Waals surface area contributed by atoms with Crippen LogP contribution >= 0.6 is 0 Å². The standard InChI is InChI=1S/C41H25N7/c1-4-12-26(13-5-1)39-44-40(27-14-6-2-7-15-27)46-41(45-39)48-35-19-11-10-18-29(35)30-20-21-31-32-24-33-34(43-23-22-42-33)25-36(32)47(37(31)38(30)48)28-16-8-3-9-17-28/h1-25H. The lowest BCUT2D eigenvalue weighted by Gasteiger charge is -2.13. The summed E-state index contributed by atoms with van der Waals surface area (Å²) in [6.45, 7) is 0. The normalized spacial score (nSPS) is 11.8. The molecule has 0 aliphatic heterocycles. The van der Waals surface area contributed by atoms with Crippen LogP contribution < -0.4 is 0 Å². The highest BCUT2D eigenvalue weighted by Crippen LogP contribution is 2.42. The molecule has 0 bridgehead atoms. The summed E-state index contributed by atoms with van der Waals surface area (Å²) in [5.74, 6) is 1.79. The third-order valence-corrected chi connectivity index (χ3v) is 9.05. The molecule has 10 aromatic rings. The first-order valence-corrected chi connectivity index (χ1v) is 15.9. The lowest BCUT2D eigenvalue weighted by atomic mass is 10.1. The molecule has 0 N–H and O–H groups in total. The fourth-order valence-electron chi connectivity index (χ4n) is 6.96. The topological polar surface area (TPSA) is 74.3 Å². The van der Waals surface area contributed by atoms with E-state index >= 15 is 0 Å². The fourth-order valence-corrected chi connectivity index (χ4v) is 6.96. The van der Waals surface area contributed by atoms with Crippen LogP contribution in [0.15, 0.2) is 152 Å². The van der Waals surface area contributed by atoms with Gasteiger partial charge in [-0.25, -0.2) is 4.98 Å². The summed E-state index contributed by atoms with van der Waals surface area (Å²) in [5.41, 5.74) is 8.75. The van der Waals surface area contributed by atoms with Crippen molar-refractivity contribution in [1.82, 2.24) is 34.1 Å². The lowest BCUT2D eigenvalue weighted by molar-refractivity contribution is 0.953. The van der Waals surface area contributed by atoms with Crippen molar-refractivity contribution in [2.45, 2.75) is 0 Å². The smallest absolute Gasteiger partial charge is 0.238 e. The number of hydrogen-bond donors (Lipinski definition) is 0. The number of hydrogen-bond acceptors (Lipinski definition) is 5. The summed E-state index contributed by atoms with van der Waals surface area (Å²) in [4.78, 5) is 24.7. The maximum Gasteiger partial charge on any atom is 0.238 e. The molecule has 6 aromatic carbocycles. The van der Waals surface area contributed by atoms with E-state index in [1.165, 1.54) is 0 Å². The van der Waals surface area contributed by atoms with Gasteiger partial charge in [0.2, 0.25) is 5.95 Å². The van der Waals surface area contributed by atoms with Gasteiger partial charge < -0.3 is 4.57 Å². The molecule has 0 spiro atoms. The first-order chi connectivity index (χ1) is 23.8. The van der Waals surface area contributed by atoms with Crippen molar-refractivity contribution >= 4 is 54.6 Å². The largest absolute Gasteiger partial charge is 0.307 e. The lowest BCUT2D eigenvalue weighted by Crippen LogP contribution is -2.07. The summed E-state index contributed by atoms with van der Waals surface area (Å²) in [5, 5.41) is 4.45. The van der Waals surface area contributed by atoms with E-state index in [1.54, 1.807) is 12.4 Å². The molecule has 4 aromatic heterocycles. The molecular formula is C41H25N7. The van der Waals surface area contributed by atoms with Gasteiger partial charge in [-0.1, -0.05) is 109 Å². The van der Waals surface area contributed by atoms with Gasteiger partial charge in [-0.2, -0.15) is 9.97 Å². The molecule has 7 nitrogen and oxygen atoms in total. The molecule has 0 radical (unpaired) electrons. The van der Waals surface area contributed by atoms with Crippen LogP contribution in [0.1, 0.15) is 0 Å². The Morgan fingerprint density at radius 3 is 1.60 bits per heavy atom. The summed E-state index contributed by atoms with van der Waals surface area (Å²) in [7, 11) is 0. The number of benzene rings is 6. The van der Waals surface area contributed by atoms with E-state index < -0.39 is 0 Å². The summed E-state index contributed by atoms with van der Waals surface area (Å²) in [6.07, 6.45) is 3.49. The van der Waals surface area contributed by atoms with Crippen LogP contribution in [-0.4, -0.2) is 34.1 Å². The molecule has 7 heteroatoms. The Morgan fingerprint density at radius 2 is 0.938 bits per heavy atom. The van der Waals surface area contributed by atoms with Crippen molar-refractivity contribution in [2.24, 2.45) is 0 Å². The quantitative estimate of drug-likeness (QED) is 0.197. The van der Waals surface area contributed by atoms with Gasteiger partial charge in [-0.05, 0) is 30.3 Å². The Hall–Kier alpha value is -6.73. The van der Waals surface area contributed by atoms with Crippen LogP contribution in [0.4, 0.5) is 0 Å². The maximum absolute atomic E-state index is 5.19. The highest BCUT2D eigenvalue weighted by Gasteiger charge is 2.23. The molecule has 0 atom stereocenters. The monoisotopic (exact) mass is 615 g/mol. The molecule has 0 saturated heterocycles. The Balaban J connectivity index is 1.41.